The van der Waals surface area contributed by atoms with Gasteiger partial charge in [-0.25, -0.2) is 14.8 Å². The monoisotopic (exact) mass is 713 g/mol. The second-order valence-electron chi connectivity index (χ2n) is 15.9. The molecule has 8 nitrogen and oxygen atoms in total. The Bertz CT molecular complexity index is 2130. The number of carboxylic acid groups (broad SMARTS) is 1. The number of amides is 1. The van der Waals surface area contributed by atoms with Gasteiger partial charge in [-0.1, -0.05) is 61.6 Å². The Balaban J connectivity index is 1.05. The van der Waals surface area contributed by atoms with Gasteiger partial charge in [0.25, 0.3) is 5.91 Å². The van der Waals surface area contributed by atoms with Crippen LogP contribution in [0.25, 0.3) is 21.3 Å². The molecule has 0 radical (unpaired) electrons. The quantitative estimate of drug-likeness (QED) is 0.165. The van der Waals surface area contributed by atoms with E-state index >= 15 is 0 Å². The molecule has 2 N–H and O–H groups in total. The van der Waals surface area contributed by atoms with Crippen LogP contribution < -0.4 is 15.1 Å². The van der Waals surface area contributed by atoms with E-state index in [1.807, 2.05) is 60.7 Å². The molecular weight excluding hydrogens is 667 g/mol. The summed E-state index contributed by atoms with van der Waals surface area (Å²) in [6, 6.07) is 23.7. The molecule has 0 saturated heterocycles. The summed E-state index contributed by atoms with van der Waals surface area (Å²) in [5, 5.41) is 14.1. The number of fused-ring (bicyclic) bond motifs is 4. The normalized spacial score (nSPS) is 22.5. The minimum Gasteiger partial charge on any atom is -0.476 e. The molecule has 268 valence electrons. The van der Waals surface area contributed by atoms with Gasteiger partial charge >= 0.3 is 5.97 Å². The largest absolute Gasteiger partial charge is 0.476 e. The van der Waals surface area contributed by atoms with E-state index in [0.29, 0.717) is 40.6 Å². The molecule has 2 bridgehead atoms. The lowest BCUT2D eigenvalue weighted by Crippen LogP contribution is -2.46. The SMILES string of the molecule is Cc1c(-c2ccc(N3CCc4cccc(C(=O)Nc5nc6ccccc6s5)c4C3)nc2C(=O)O)cccc1N(C)CC12CC(C)CC(CC(C)C1)C2. The number of carboxylic acids is 1. The number of carbonyl (C=O) groups excluding carboxylic acids is 1. The predicted molar refractivity (Wildman–Crippen MR) is 211 cm³/mol. The zero-order valence-electron chi connectivity index (χ0n) is 30.5. The minimum absolute atomic E-state index is 0.0386. The van der Waals surface area contributed by atoms with E-state index in [0.717, 1.165) is 68.9 Å². The molecule has 2 saturated carbocycles. The van der Waals surface area contributed by atoms with Crippen LogP contribution in [0.3, 0.4) is 0 Å². The van der Waals surface area contributed by atoms with Gasteiger partial charge < -0.3 is 14.9 Å². The fourth-order valence-electron chi connectivity index (χ4n) is 10.1. The maximum absolute atomic E-state index is 13.6. The maximum atomic E-state index is 13.6. The van der Waals surface area contributed by atoms with Crippen LogP contribution in [0.4, 0.5) is 16.6 Å². The standard InChI is InChI=1S/C43H47N5O3S/c1-26-19-29-20-27(2)22-43(21-26,23-29)25-47(4)36-13-8-10-31(28(36)3)32-15-16-38(45-39(32)41(50)51)48-18-17-30-9-7-11-33(34(30)24-48)40(49)46-42-44-35-12-5-6-14-37(35)52-42/h5-16,26-27,29H,17-25H2,1-4H3,(H,50,51)(H,44,46,49). The highest BCUT2D eigenvalue weighted by Crippen LogP contribution is 2.53. The molecule has 1 aliphatic heterocycles. The summed E-state index contributed by atoms with van der Waals surface area (Å²) in [6.45, 7) is 9.09. The summed E-state index contributed by atoms with van der Waals surface area (Å²) < 4.78 is 1.02. The third kappa shape index (κ3) is 6.55. The number of hydrogen-bond acceptors (Lipinski definition) is 7. The third-order valence-electron chi connectivity index (χ3n) is 11.8. The fraction of sp³-hybridized carbons (Fsp3) is 0.395. The van der Waals surface area contributed by atoms with Crippen molar-refractivity contribution in [2.45, 2.75) is 65.8 Å². The molecule has 2 unspecified atom stereocenters. The average molecular weight is 714 g/mol. The molecular formula is C43H47N5O3S. The van der Waals surface area contributed by atoms with Crippen LogP contribution in [0.2, 0.25) is 0 Å². The third-order valence-corrected chi connectivity index (χ3v) is 12.7. The minimum atomic E-state index is -1.05. The van der Waals surface area contributed by atoms with Crippen molar-refractivity contribution in [3.05, 3.63) is 101 Å². The second kappa shape index (κ2) is 13.7. The summed E-state index contributed by atoms with van der Waals surface area (Å²) >= 11 is 1.45. The van der Waals surface area contributed by atoms with Crippen molar-refractivity contribution in [1.82, 2.24) is 9.97 Å². The Morgan fingerprint density at radius 3 is 2.48 bits per heavy atom. The molecule has 3 aliphatic rings. The summed E-state index contributed by atoms with van der Waals surface area (Å²) in [5.41, 5.74) is 7.57. The number of nitrogens with one attached hydrogen (secondary N) is 1. The number of nitrogens with zero attached hydrogens (tertiary/aromatic N) is 4. The predicted octanol–water partition coefficient (Wildman–Crippen LogP) is 9.47. The number of aromatic carboxylic acids is 1. The maximum Gasteiger partial charge on any atom is 0.355 e. The van der Waals surface area contributed by atoms with E-state index in [-0.39, 0.29) is 11.6 Å². The molecule has 52 heavy (non-hydrogen) atoms. The number of pyridine rings is 1. The first-order valence-corrected chi connectivity index (χ1v) is 19.5. The smallest absolute Gasteiger partial charge is 0.355 e. The van der Waals surface area contributed by atoms with E-state index in [9.17, 15) is 14.7 Å². The lowest BCUT2D eigenvalue weighted by Gasteiger charge is -2.51. The summed E-state index contributed by atoms with van der Waals surface area (Å²) in [7, 11) is 2.20. The van der Waals surface area contributed by atoms with Gasteiger partial charge in [0.05, 0.1) is 10.2 Å². The van der Waals surface area contributed by atoms with Crippen LogP contribution in [0.1, 0.15) is 83.5 Å². The van der Waals surface area contributed by atoms with Gasteiger partial charge in [-0.3, -0.25) is 10.1 Å². The van der Waals surface area contributed by atoms with Gasteiger partial charge in [0, 0.05) is 43.5 Å². The van der Waals surface area contributed by atoms with E-state index in [4.69, 9.17) is 4.98 Å². The van der Waals surface area contributed by atoms with Gasteiger partial charge in [-0.2, -0.15) is 0 Å². The number of thiazole rings is 1. The van der Waals surface area contributed by atoms with Crippen molar-refractivity contribution in [2.75, 3.05) is 35.3 Å². The van der Waals surface area contributed by atoms with Crippen molar-refractivity contribution < 1.29 is 14.7 Å². The van der Waals surface area contributed by atoms with Crippen molar-refractivity contribution in [1.29, 1.82) is 0 Å². The number of aromatic nitrogens is 2. The average Bonchev–Trinajstić information content (AvgIpc) is 3.52. The topological polar surface area (TPSA) is 98.7 Å². The fourth-order valence-corrected chi connectivity index (χ4v) is 11.0. The highest BCUT2D eigenvalue weighted by Gasteiger charge is 2.44. The Kier molecular flexibility index (Phi) is 9.02. The van der Waals surface area contributed by atoms with Gasteiger partial charge in [0.1, 0.15) is 5.82 Å². The first-order valence-electron chi connectivity index (χ1n) is 18.6. The number of benzene rings is 3. The van der Waals surface area contributed by atoms with Gasteiger partial charge in [0.15, 0.2) is 10.8 Å². The zero-order valence-corrected chi connectivity index (χ0v) is 31.3. The molecule has 2 fully saturated rings. The molecule has 1 amide bonds. The first kappa shape index (κ1) is 34.3. The summed E-state index contributed by atoms with van der Waals surface area (Å²) in [4.78, 5) is 40.3. The Labute approximate surface area is 309 Å². The van der Waals surface area contributed by atoms with Crippen molar-refractivity contribution in [3.8, 4) is 11.1 Å². The summed E-state index contributed by atoms with van der Waals surface area (Å²) in [6.07, 6.45) is 7.31. The van der Waals surface area contributed by atoms with Crippen LogP contribution in [0.5, 0.6) is 0 Å². The molecule has 3 heterocycles. The summed E-state index contributed by atoms with van der Waals surface area (Å²) in [5.74, 6) is 1.68. The number of carbonyl (C=O) groups is 2. The zero-order chi connectivity index (χ0) is 36.1. The highest BCUT2D eigenvalue weighted by atomic mass is 32.1. The van der Waals surface area contributed by atoms with Gasteiger partial charge in [0.2, 0.25) is 0 Å². The number of anilines is 3. The van der Waals surface area contributed by atoms with Crippen LogP contribution >= 0.6 is 11.3 Å². The Hall–Kier alpha value is -4.76. The Morgan fingerprint density at radius 2 is 1.71 bits per heavy atom. The van der Waals surface area contributed by atoms with Crippen LogP contribution in [0, 0.1) is 30.1 Å². The van der Waals surface area contributed by atoms with E-state index in [2.05, 4.69) is 60.1 Å². The molecule has 5 aromatic rings. The Morgan fingerprint density at radius 1 is 0.942 bits per heavy atom. The molecule has 9 heteroatoms. The molecule has 3 aromatic carbocycles. The highest BCUT2D eigenvalue weighted by molar-refractivity contribution is 7.22. The van der Waals surface area contributed by atoms with Crippen molar-refractivity contribution in [2.24, 2.45) is 23.2 Å². The molecule has 2 aromatic heterocycles. The second-order valence-corrected chi connectivity index (χ2v) is 16.9. The van der Waals surface area contributed by atoms with Crippen LogP contribution in [-0.2, 0) is 13.0 Å². The van der Waals surface area contributed by atoms with E-state index < -0.39 is 5.97 Å². The molecule has 2 atom stereocenters. The van der Waals surface area contributed by atoms with Crippen LogP contribution in [-0.4, -0.2) is 47.1 Å². The number of para-hydroxylation sites is 1. The van der Waals surface area contributed by atoms with Gasteiger partial charge in [-0.05, 0) is 127 Å². The molecule has 2 aliphatic carbocycles. The lowest BCUT2D eigenvalue weighted by molar-refractivity contribution is 0.0244. The van der Waals surface area contributed by atoms with Gasteiger partial charge in [-0.15, -0.1) is 0 Å². The van der Waals surface area contributed by atoms with E-state index in [1.54, 1.807) is 0 Å². The number of hydrogen-bond donors (Lipinski definition) is 2. The molecule has 0 spiro atoms. The lowest BCUT2D eigenvalue weighted by atomic mass is 9.56. The van der Waals surface area contributed by atoms with E-state index in [1.165, 1.54) is 43.4 Å². The molecule has 8 rings (SSSR count). The van der Waals surface area contributed by atoms with Crippen molar-refractivity contribution >= 4 is 50.1 Å². The van der Waals surface area contributed by atoms with Crippen molar-refractivity contribution in [3.63, 3.8) is 0 Å². The first-order chi connectivity index (χ1) is 25.1. The van der Waals surface area contributed by atoms with Crippen LogP contribution in [0.15, 0.2) is 72.8 Å². The number of rotatable bonds is 8.